The van der Waals surface area contributed by atoms with Crippen molar-refractivity contribution in [1.82, 2.24) is 0 Å². The van der Waals surface area contributed by atoms with Gasteiger partial charge in [-0.3, -0.25) is 0 Å². The molecule has 0 radical (unpaired) electrons. The van der Waals surface area contributed by atoms with E-state index >= 15 is 0 Å². The summed E-state index contributed by atoms with van der Waals surface area (Å²) in [5.41, 5.74) is 30.6. The van der Waals surface area contributed by atoms with Crippen molar-refractivity contribution in [2.24, 2.45) is 0 Å². The molecule has 0 heterocycles. The van der Waals surface area contributed by atoms with Crippen molar-refractivity contribution in [2.45, 2.75) is 115 Å². The SMILES string of the molecule is CC(C)(C)c1ccc2c(c1)-c1cc(C(C)(C)C)ccc1C21c2ccccc2-c2c(N(c3ccc(-c4cccc5c4C(C)(C)c4ccccc4-5)cc3)c3ccc4c(c3)C3(CCCCC3)c3ccccc3-4)cccc21. The van der Waals surface area contributed by atoms with Crippen molar-refractivity contribution >= 4 is 17.1 Å². The zero-order chi connectivity index (χ0) is 49.8. The van der Waals surface area contributed by atoms with Gasteiger partial charge in [0.2, 0.25) is 0 Å². The highest BCUT2D eigenvalue weighted by Gasteiger charge is 2.53. The minimum absolute atomic E-state index is 0.0104. The molecule has 0 aromatic heterocycles. The molecule has 0 N–H and O–H groups in total. The highest BCUT2D eigenvalue weighted by molar-refractivity contribution is 6.02. The van der Waals surface area contributed by atoms with Gasteiger partial charge in [-0.15, -0.1) is 0 Å². The molecule has 0 amide bonds. The maximum Gasteiger partial charge on any atom is 0.0726 e. The fraction of sp³-hybridized carbons (Fsp3) is 0.250. The fourth-order valence-corrected chi connectivity index (χ4v) is 14.9. The lowest BCUT2D eigenvalue weighted by Gasteiger charge is -2.37. The molecule has 0 saturated heterocycles. The van der Waals surface area contributed by atoms with Gasteiger partial charge in [0.15, 0.2) is 0 Å². The van der Waals surface area contributed by atoms with Crippen LogP contribution in [0.3, 0.4) is 0 Å². The van der Waals surface area contributed by atoms with Gasteiger partial charge in [0.1, 0.15) is 0 Å². The first kappa shape index (κ1) is 44.5. The molecular formula is C72H65N. The van der Waals surface area contributed by atoms with E-state index in [0.29, 0.717) is 0 Å². The summed E-state index contributed by atoms with van der Waals surface area (Å²) in [6, 6.07) is 73.8. The predicted octanol–water partition coefficient (Wildman–Crippen LogP) is 19.3. The van der Waals surface area contributed by atoms with Gasteiger partial charge in [-0.25, -0.2) is 0 Å². The molecule has 73 heavy (non-hydrogen) atoms. The number of rotatable bonds is 4. The summed E-state index contributed by atoms with van der Waals surface area (Å²) in [5.74, 6) is 0. The van der Waals surface area contributed by atoms with Crippen LogP contribution in [0.4, 0.5) is 17.1 Å². The average molecular weight is 944 g/mol. The van der Waals surface area contributed by atoms with Gasteiger partial charge in [-0.05, 0) is 160 Å². The van der Waals surface area contributed by atoms with E-state index in [4.69, 9.17) is 0 Å². The summed E-state index contributed by atoms with van der Waals surface area (Å²) in [5, 5.41) is 0. The van der Waals surface area contributed by atoms with Gasteiger partial charge in [0.25, 0.3) is 0 Å². The van der Waals surface area contributed by atoms with Crippen LogP contribution in [0.25, 0.3) is 55.6 Å². The second kappa shape index (κ2) is 15.4. The smallest absolute Gasteiger partial charge is 0.0726 e. The first-order valence-corrected chi connectivity index (χ1v) is 27.1. The van der Waals surface area contributed by atoms with E-state index < -0.39 is 5.41 Å². The zero-order valence-electron chi connectivity index (χ0n) is 43.9. The van der Waals surface area contributed by atoms with Crippen LogP contribution in [0.15, 0.2) is 188 Å². The lowest BCUT2D eigenvalue weighted by atomic mass is 9.68. The van der Waals surface area contributed by atoms with Crippen LogP contribution in [0.2, 0.25) is 0 Å². The Bertz CT molecular complexity index is 3700. The highest BCUT2D eigenvalue weighted by Crippen LogP contribution is 2.66. The van der Waals surface area contributed by atoms with Crippen LogP contribution in [0.5, 0.6) is 0 Å². The topological polar surface area (TPSA) is 3.24 Å². The molecular weight excluding hydrogens is 879 g/mol. The van der Waals surface area contributed by atoms with E-state index in [1.54, 1.807) is 0 Å². The van der Waals surface area contributed by atoms with E-state index in [1.165, 1.54) is 155 Å². The van der Waals surface area contributed by atoms with Gasteiger partial charge >= 0.3 is 0 Å². The maximum absolute atomic E-state index is 2.62. The number of fused-ring (bicyclic) bond motifs is 18. The van der Waals surface area contributed by atoms with E-state index in [-0.39, 0.29) is 21.7 Å². The van der Waals surface area contributed by atoms with Crippen molar-refractivity contribution in [1.29, 1.82) is 0 Å². The normalized spacial score (nSPS) is 16.5. The van der Waals surface area contributed by atoms with Gasteiger partial charge < -0.3 is 4.90 Å². The summed E-state index contributed by atoms with van der Waals surface area (Å²) in [6.45, 7) is 18.9. The first-order chi connectivity index (χ1) is 35.2. The van der Waals surface area contributed by atoms with E-state index in [9.17, 15) is 0 Å². The molecule has 0 aliphatic heterocycles. The molecule has 14 rings (SSSR count). The number of hydrogen-bond acceptors (Lipinski definition) is 1. The number of anilines is 3. The zero-order valence-corrected chi connectivity index (χ0v) is 43.9. The Balaban J connectivity index is 1.01. The predicted molar refractivity (Wildman–Crippen MR) is 307 cm³/mol. The Morgan fingerprint density at radius 1 is 0.370 bits per heavy atom. The van der Waals surface area contributed by atoms with Gasteiger partial charge in [-0.1, -0.05) is 232 Å². The molecule has 0 atom stereocenters. The summed E-state index contributed by atoms with van der Waals surface area (Å²) in [4.78, 5) is 2.62. The Hall–Kier alpha value is -7.22. The Labute approximate surface area is 433 Å². The van der Waals surface area contributed by atoms with Crippen molar-refractivity contribution in [3.05, 3.63) is 244 Å². The summed E-state index contributed by atoms with van der Waals surface area (Å²) < 4.78 is 0. The lowest BCUT2D eigenvalue weighted by molar-refractivity contribution is 0.353. The molecule has 1 nitrogen and oxygen atoms in total. The molecule has 5 aliphatic rings. The van der Waals surface area contributed by atoms with Crippen LogP contribution in [-0.4, -0.2) is 0 Å². The lowest BCUT2D eigenvalue weighted by Crippen LogP contribution is -2.28. The summed E-state index contributed by atoms with van der Waals surface area (Å²) in [7, 11) is 0. The minimum atomic E-state index is -0.487. The van der Waals surface area contributed by atoms with Crippen molar-refractivity contribution in [3.63, 3.8) is 0 Å². The minimum Gasteiger partial charge on any atom is -0.310 e. The van der Waals surface area contributed by atoms with Crippen LogP contribution in [0, 0.1) is 0 Å². The molecule has 0 unspecified atom stereocenters. The Kier molecular flexibility index (Phi) is 9.39. The largest absolute Gasteiger partial charge is 0.310 e. The standard InChI is InChI=1S/C72H65N/c1-68(2,3)46-32-38-61-56(42-46)57-43-47(69(4,5)6)33-39-62(57)72(61)60-27-15-12-22-55(60)66-63(72)28-19-29-65(66)73(49-36-37-53-51-20-11-14-26-59(51)71(64(53)44-49)40-16-9-17-41-71)48-34-30-45(31-35-48)50-23-18-24-54-52-21-10-13-25-58(52)70(7,8)67(50)54/h10-15,18-39,42-44H,9,16-17,40-41H2,1-8H3. The third-order valence-corrected chi connectivity index (χ3v) is 18.4. The summed E-state index contributed by atoms with van der Waals surface area (Å²) in [6.07, 6.45) is 6.22. The second-order valence-corrected chi connectivity index (χ2v) is 24.7. The van der Waals surface area contributed by atoms with Crippen LogP contribution < -0.4 is 4.90 Å². The molecule has 2 spiro atoms. The van der Waals surface area contributed by atoms with Gasteiger partial charge in [-0.2, -0.15) is 0 Å². The molecule has 358 valence electrons. The van der Waals surface area contributed by atoms with Crippen molar-refractivity contribution in [2.75, 3.05) is 4.90 Å². The average Bonchev–Trinajstić information content (AvgIpc) is 4.05. The summed E-state index contributed by atoms with van der Waals surface area (Å²) >= 11 is 0. The fourth-order valence-electron chi connectivity index (χ4n) is 14.9. The molecule has 5 aliphatic carbocycles. The second-order valence-electron chi connectivity index (χ2n) is 24.7. The van der Waals surface area contributed by atoms with Gasteiger partial charge in [0, 0.05) is 27.8 Å². The van der Waals surface area contributed by atoms with Crippen LogP contribution >= 0.6 is 0 Å². The molecule has 1 fully saturated rings. The van der Waals surface area contributed by atoms with E-state index in [1.807, 2.05) is 0 Å². The highest BCUT2D eigenvalue weighted by atomic mass is 15.1. The number of nitrogens with zero attached hydrogens (tertiary/aromatic N) is 1. The Morgan fingerprint density at radius 2 is 0.877 bits per heavy atom. The van der Waals surface area contributed by atoms with Crippen LogP contribution in [0.1, 0.15) is 143 Å². The molecule has 1 saturated carbocycles. The molecule has 0 bridgehead atoms. The Morgan fingerprint density at radius 3 is 1.53 bits per heavy atom. The third-order valence-electron chi connectivity index (χ3n) is 18.4. The van der Waals surface area contributed by atoms with Gasteiger partial charge in [0.05, 0.1) is 11.1 Å². The monoisotopic (exact) mass is 944 g/mol. The van der Waals surface area contributed by atoms with Crippen molar-refractivity contribution < 1.29 is 0 Å². The quantitative estimate of drug-likeness (QED) is 0.170. The maximum atomic E-state index is 2.62. The first-order valence-electron chi connectivity index (χ1n) is 27.1. The van der Waals surface area contributed by atoms with E-state index in [0.717, 1.165) is 5.69 Å². The molecule has 9 aromatic carbocycles. The number of hydrogen-bond donors (Lipinski definition) is 0. The third kappa shape index (κ3) is 6.09. The van der Waals surface area contributed by atoms with E-state index in [2.05, 4.69) is 248 Å². The number of benzene rings is 9. The molecule has 1 heteroatoms. The molecule has 9 aromatic rings. The van der Waals surface area contributed by atoms with Crippen molar-refractivity contribution in [3.8, 4) is 55.6 Å². The van der Waals surface area contributed by atoms with Crippen LogP contribution in [-0.2, 0) is 27.1 Å².